The Kier molecular flexibility index (Phi) is 5.51. The number of benzene rings is 7. The van der Waals surface area contributed by atoms with Crippen LogP contribution in [0, 0.1) is 0 Å². The average Bonchev–Trinajstić information content (AvgIpc) is 3.85. The van der Waals surface area contributed by atoms with Gasteiger partial charge in [0, 0.05) is 52.7 Å². The van der Waals surface area contributed by atoms with Crippen molar-refractivity contribution in [2.75, 3.05) is 0 Å². The van der Waals surface area contributed by atoms with Crippen molar-refractivity contribution in [2.24, 2.45) is 0 Å². The molecule has 0 atom stereocenters. The van der Waals surface area contributed by atoms with Crippen molar-refractivity contribution in [3.8, 4) is 28.3 Å². The third-order valence-electron chi connectivity index (χ3n) is 9.82. The number of rotatable bonds is 3. The van der Waals surface area contributed by atoms with Crippen molar-refractivity contribution in [1.82, 2.24) is 14.5 Å². The van der Waals surface area contributed by atoms with Gasteiger partial charge in [-0.1, -0.05) is 127 Å². The van der Waals surface area contributed by atoms with Crippen LogP contribution in [0.25, 0.3) is 103 Å². The van der Waals surface area contributed by atoms with Crippen LogP contribution >= 0.6 is 11.3 Å². The number of fused-ring (bicyclic) bond motifs is 13. The molecule has 0 saturated carbocycles. The van der Waals surface area contributed by atoms with Crippen LogP contribution in [0.1, 0.15) is 0 Å². The molecule has 0 spiro atoms. The van der Waals surface area contributed by atoms with Crippen molar-refractivity contribution >= 4 is 86.2 Å². The predicted molar refractivity (Wildman–Crippen MR) is 205 cm³/mol. The first-order valence-corrected chi connectivity index (χ1v) is 17.2. The highest BCUT2D eigenvalue weighted by molar-refractivity contribution is 7.27. The van der Waals surface area contributed by atoms with Crippen LogP contribution in [0.4, 0.5) is 0 Å². The molecular formula is C44H25N3OS. The maximum absolute atomic E-state index is 6.53. The Balaban J connectivity index is 1.29. The zero-order chi connectivity index (χ0) is 32.1. The van der Waals surface area contributed by atoms with Crippen molar-refractivity contribution in [1.29, 1.82) is 0 Å². The maximum atomic E-state index is 6.53. The monoisotopic (exact) mass is 643 g/mol. The molecule has 0 aliphatic heterocycles. The van der Waals surface area contributed by atoms with E-state index >= 15 is 0 Å². The highest BCUT2D eigenvalue weighted by Crippen LogP contribution is 2.48. The second-order valence-electron chi connectivity index (χ2n) is 12.5. The molecule has 0 radical (unpaired) electrons. The van der Waals surface area contributed by atoms with E-state index in [1.165, 1.54) is 47.3 Å². The molecule has 0 bridgehead atoms. The first-order chi connectivity index (χ1) is 24.3. The highest BCUT2D eigenvalue weighted by atomic mass is 32.1. The van der Waals surface area contributed by atoms with Gasteiger partial charge in [-0.05, 0) is 35.4 Å². The Hall–Kier alpha value is -6.30. The van der Waals surface area contributed by atoms with Gasteiger partial charge in [-0.25, -0.2) is 9.97 Å². The molecule has 0 saturated heterocycles. The average molecular weight is 644 g/mol. The zero-order valence-electron chi connectivity index (χ0n) is 26.1. The second-order valence-corrected chi connectivity index (χ2v) is 13.6. The number of aromatic nitrogens is 3. The SMILES string of the molecule is c1ccc(-c2ccc(-c3nc(-n4c5ccccc5c5c6c7ccccc7sc6c6ccccc6c54)nc4c3oc3ccccc34)cc2)cc1. The maximum Gasteiger partial charge on any atom is 0.236 e. The van der Waals surface area contributed by atoms with Crippen molar-refractivity contribution in [3.05, 3.63) is 152 Å². The molecule has 49 heavy (non-hydrogen) atoms. The highest BCUT2D eigenvalue weighted by Gasteiger charge is 2.25. The van der Waals surface area contributed by atoms with Gasteiger partial charge >= 0.3 is 0 Å². The number of thiophene rings is 1. The number of furan rings is 1. The van der Waals surface area contributed by atoms with E-state index in [0.29, 0.717) is 11.5 Å². The third kappa shape index (κ3) is 3.79. The van der Waals surface area contributed by atoms with Gasteiger partial charge in [0.15, 0.2) is 5.58 Å². The van der Waals surface area contributed by atoms with Crippen LogP contribution in [-0.4, -0.2) is 14.5 Å². The lowest BCUT2D eigenvalue weighted by Gasteiger charge is -2.12. The standard InChI is InChI=1S/C44H25N3OS/c1-2-12-26(13-3-1)27-22-24-28(25-23-27)39-42-40(32-17-7-10-20-35(32)48-42)46-44(45-39)47-34-19-9-6-16-31(34)37-38-33-18-8-11-21-36(33)49-43(38)30-15-5-4-14-29(30)41(37)47/h1-25H. The van der Waals surface area contributed by atoms with Gasteiger partial charge in [-0.15, -0.1) is 11.3 Å². The Labute approximate surface area is 284 Å². The summed E-state index contributed by atoms with van der Waals surface area (Å²) in [6.45, 7) is 0. The van der Waals surface area contributed by atoms with E-state index < -0.39 is 0 Å². The first kappa shape index (κ1) is 26.7. The zero-order valence-corrected chi connectivity index (χ0v) is 26.9. The summed E-state index contributed by atoms with van der Waals surface area (Å²) in [6.07, 6.45) is 0. The molecule has 228 valence electrons. The van der Waals surface area contributed by atoms with Crippen LogP contribution in [-0.2, 0) is 0 Å². The largest absolute Gasteiger partial charge is 0.452 e. The summed E-state index contributed by atoms with van der Waals surface area (Å²) in [6, 6.07) is 53.4. The first-order valence-electron chi connectivity index (χ1n) is 16.4. The molecule has 0 N–H and O–H groups in total. The predicted octanol–water partition coefficient (Wildman–Crippen LogP) is 12.3. The van der Waals surface area contributed by atoms with Crippen LogP contribution in [0.5, 0.6) is 0 Å². The lowest BCUT2D eigenvalue weighted by molar-refractivity contribution is 0.666. The lowest BCUT2D eigenvalue weighted by atomic mass is 10.00. The molecule has 4 heterocycles. The van der Waals surface area contributed by atoms with Crippen molar-refractivity contribution < 1.29 is 4.42 Å². The molecule has 0 aliphatic carbocycles. The molecule has 0 amide bonds. The third-order valence-corrected chi connectivity index (χ3v) is 11.0. The molecule has 5 heteroatoms. The van der Waals surface area contributed by atoms with E-state index in [1.807, 2.05) is 35.6 Å². The molecule has 4 nitrogen and oxygen atoms in total. The van der Waals surface area contributed by atoms with Gasteiger partial charge in [0.1, 0.15) is 16.8 Å². The molecule has 7 aromatic carbocycles. The van der Waals surface area contributed by atoms with Crippen LogP contribution in [0.2, 0.25) is 0 Å². The second kappa shape index (κ2) is 10.1. The van der Waals surface area contributed by atoms with Gasteiger partial charge < -0.3 is 4.42 Å². The van der Waals surface area contributed by atoms with Crippen molar-refractivity contribution in [2.45, 2.75) is 0 Å². The summed E-state index contributed by atoms with van der Waals surface area (Å²) in [5, 5.41) is 8.38. The van der Waals surface area contributed by atoms with Gasteiger partial charge in [-0.3, -0.25) is 4.57 Å². The Morgan fingerprint density at radius 3 is 1.96 bits per heavy atom. The molecule has 0 unspecified atom stereocenters. The molecular weight excluding hydrogens is 619 g/mol. The van der Waals surface area contributed by atoms with E-state index in [2.05, 4.69) is 132 Å². The lowest BCUT2D eigenvalue weighted by Crippen LogP contribution is -2.03. The van der Waals surface area contributed by atoms with Crippen LogP contribution < -0.4 is 0 Å². The van der Waals surface area contributed by atoms with E-state index in [9.17, 15) is 0 Å². The minimum absolute atomic E-state index is 0.622. The fraction of sp³-hybridized carbons (Fsp3) is 0. The Morgan fingerprint density at radius 2 is 1.12 bits per heavy atom. The topological polar surface area (TPSA) is 43.9 Å². The van der Waals surface area contributed by atoms with Gasteiger partial charge in [0.25, 0.3) is 0 Å². The summed E-state index contributed by atoms with van der Waals surface area (Å²) in [7, 11) is 0. The summed E-state index contributed by atoms with van der Waals surface area (Å²) in [4.78, 5) is 10.8. The van der Waals surface area contributed by atoms with Crippen LogP contribution in [0.3, 0.4) is 0 Å². The van der Waals surface area contributed by atoms with E-state index in [4.69, 9.17) is 14.4 Å². The fourth-order valence-electron chi connectivity index (χ4n) is 7.65. The van der Waals surface area contributed by atoms with Gasteiger partial charge in [0.05, 0.1) is 11.0 Å². The van der Waals surface area contributed by atoms with E-state index in [1.54, 1.807) is 0 Å². The smallest absolute Gasteiger partial charge is 0.236 e. The summed E-state index contributed by atoms with van der Waals surface area (Å²) in [5.74, 6) is 0.622. The summed E-state index contributed by atoms with van der Waals surface area (Å²) < 4.78 is 11.4. The molecule has 11 rings (SSSR count). The van der Waals surface area contributed by atoms with Gasteiger partial charge in [-0.2, -0.15) is 0 Å². The Morgan fingerprint density at radius 1 is 0.490 bits per heavy atom. The summed E-state index contributed by atoms with van der Waals surface area (Å²) in [5.41, 5.74) is 8.56. The summed E-state index contributed by atoms with van der Waals surface area (Å²) >= 11 is 1.87. The minimum Gasteiger partial charge on any atom is -0.452 e. The molecule has 4 aromatic heterocycles. The molecule has 0 aliphatic rings. The molecule has 11 aromatic rings. The van der Waals surface area contributed by atoms with E-state index in [-0.39, 0.29) is 0 Å². The minimum atomic E-state index is 0.622. The fourth-order valence-corrected chi connectivity index (χ4v) is 8.90. The normalized spacial score (nSPS) is 12.1. The molecule has 0 fully saturated rings. The number of hydrogen-bond donors (Lipinski definition) is 0. The number of hydrogen-bond acceptors (Lipinski definition) is 4. The number of para-hydroxylation sites is 2. The van der Waals surface area contributed by atoms with Gasteiger partial charge in [0.2, 0.25) is 5.95 Å². The van der Waals surface area contributed by atoms with E-state index in [0.717, 1.165) is 44.3 Å². The number of nitrogens with zero attached hydrogens (tertiary/aromatic N) is 3. The van der Waals surface area contributed by atoms with Crippen molar-refractivity contribution in [3.63, 3.8) is 0 Å². The quantitative estimate of drug-likeness (QED) is 0.192. The van der Waals surface area contributed by atoms with Crippen LogP contribution in [0.15, 0.2) is 156 Å². The Bertz CT molecular complexity index is 3100.